The fourth-order valence-corrected chi connectivity index (χ4v) is 1.11. The quantitative estimate of drug-likeness (QED) is 0.651. The Morgan fingerprint density at radius 2 is 1.78 bits per heavy atom. The summed E-state index contributed by atoms with van der Waals surface area (Å²) in [5, 5.41) is 11.0. The highest BCUT2D eigenvalue weighted by atomic mass is 16.6. The molecule has 0 fully saturated rings. The Labute approximate surface area is 108 Å². The molecule has 0 radical (unpaired) electrons. The Morgan fingerprint density at radius 3 is 2.33 bits per heavy atom. The number of carbonyl (C=O) groups excluding carboxylic acids is 1. The van der Waals surface area contributed by atoms with Crippen LogP contribution in [0.2, 0.25) is 0 Å². The Morgan fingerprint density at radius 1 is 1.17 bits per heavy atom. The number of nitrogens with one attached hydrogen (secondary N) is 1. The molecule has 1 amide bonds. The minimum atomic E-state index is -0.815. The van der Waals surface area contributed by atoms with Gasteiger partial charge in [0.25, 0.3) is 0 Å². The lowest BCUT2D eigenvalue weighted by atomic mass is 10.2. The molecule has 6 nitrogen and oxygen atoms in total. The van der Waals surface area contributed by atoms with Crippen LogP contribution in [0.3, 0.4) is 0 Å². The molecule has 0 aliphatic rings. The van der Waals surface area contributed by atoms with Gasteiger partial charge in [0.1, 0.15) is 5.60 Å². The minimum absolute atomic E-state index is 0.121. The van der Waals surface area contributed by atoms with Crippen LogP contribution < -0.4 is 5.32 Å². The number of hydrogen-bond acceptors (Lipinski definition) is 4. The molecule has 6 heteroatoms. The van der Waals surface area contributed by atoms with Gasteiger partial charge in [-0.05, 0) is 33.6 Å². The van der Waals surface area contributed by atoms with E-state index in [4.69, 9.17) is 14.6 Å². The molecule has 0 unspecified atom stereocenters. The molecule has 0 aliphatic heterocycles. The zero-order chi connectivity index (χ0) is 14.0. The third-order valence-corrected chi connectivity index (χ3v) is 1.81. The van der Waals surface area contributed by atoms with Gasteiger partial charge in [-0.3, -0.25) is 4.79 Å². The van der Waals surface area contributed by atoms with Crippen LogP contribution >= 0.6 is 0 Å². The highest BCUT2D eigenvalue weighted by Crippen LogP contribution is 2.06. The summed E-state index contributed by atoms with van der Waals surface area (Å²) < 4.78 is 10.3. The van der Waals surface area contributed by atoms with Crippen molar-refractivity contribution in [2.45, 2.75) is 45.6 Å². The van der Waals surface area contributed by atoms with Gasteiger partial charge in [0.15, 0.2) is 0 Å². The second kappa shape index (κ2) is 8.74. The second-order valence-electron chi connectivity index (χ2n) is 4.89. The lowest BCUT2D eigenvalue weighted by Gasteiger charge is -2.19. The number of carboxylic acids is 1. The molecule has 0 aromatic heterocycles. The van der Waals surface area contributed by atoms with Crippen molar-refractivity contribution in [2.24, 2.45) is 0 Å². The van der Waals surface area contributed by atoms with Crippen molar-refractivity contribution in [1.29, 1.82) is 0 Å². The minimum Gasteiger partial charge on any atom is -0.481 e. The van der Waals surface area contributed by atoms with Crippen molar-refractivity contribution in [3.63, 3.8) is 0 Å². The van der Waals surface area contributed by atoms with E-state index >= 15 is 0 Å². The molecule has 18 heavy (non-hydrogen) atoms. The topological polar surface area (TPSA) is 84.9 Å². The summed E-state index contributed by atoms with van der Waals surface area (Å²) in [6.45, 7) is 6.82. The van der Waals surface area contributed by atoms with E-state index in [0.29, 0.717) is 32.6 Å². The molecule has 0 bridgehead atoms. The maximum atomic E-state index is 11.2. The van der Waals surface area contributed by atoms with E-state index in [9.17, 15) is 9.59 Å². The first-order valence-corrected chi connectivity index (χ1v) is 6.07. The average Bonchev–Trinajstić information content (AvgIpc) is 2.18. The summed E-state index contributed by atoms with van der Waals surface area (Å²) in [4.78, 5) is 21.4. The van der Waals surface area contributed by atoms with Crippen molar-refractivity contribution in [1.82, 2.24) is 5.32 Å². The Balaban J connectivity index is 3.30. The van der Waals surface area contributed by atoms with Crippen LogP contribution in [0.25, 0.3) is 0 Å². The number of amides is 1. The van der Waals surface area contributed by atoms with Gasteiger partial charge in [-0.1, -0.05) is 0 Å². The number of alkyl carbamates (subject to hydrolysis) is 1. The van der Waals surface area contributed by atoms with E-state index in [1.165, 1.54) is 0 Å². The fraction of sp³-hybridized carbons (Fsp3) is 0.833. The summed E-state index contributed by atoms with van der Waals surface area (Å²) in [6, 6.07) is 0. The predicted molar refractivity (Wildman–Crippen MR) is 66.5 cm³/mol. The number of aliphatic carboxylic acids is 1. The molecule has 2 N–H and O–H groups in total. The standard InChI is InChI=1S/C12H23NO5/c1-12(2,3)18-11(16)13-7-5-9-17-8-4-6-10(14)15/h4-9H2,1-3H3,(H,13,16)(H,14,15). The van der Waals surface area contributed by atoms with Crippen LogP contribution in [0.5, 0.6) is 0 Å². The lowest BCUT2D eigenvalue weighted by molar-refractivity contribution is -0.137. The van der Waals surface area contributed by atoms with Gasteiger partial charge in [-0.2, -0.15) is 0 Å². The first-order valence-electron chi connectivity index (χ1n) is 6.07. The van der Waals surface area contributed by atoms with Gasteiger partial charge in [-0.25, -0.2) is 4.79 Å². The predicted octanol–water partition coefficient (Wildman–Crippen LogP) is 1.78. The van der Waals surface area contributed by atoms with E-state index in [-0.39, 0.29) is 6.42 Å². The fourth-order valence-electron chi connectivity index (χ4n) is 1.11. The normalized spacial score (nSPS) is 11.1. The number of rotatable bonds is 8. The smallest absolute Gasteiger partial charge is 0.407 e. The lowest BCUT2D eigenvalue weighted by Crippen LogP contribution is -2.33. The van der Waals surface area contributed by atoms with E-state index < -0.39 is 17.7 Å². The van der Waals surface area contributed by atoms with E-state index in [0.717, 1.165) is 0 Å². The zero-order valence-electron chi connectivity index (χ0n) is 11.3. The van der Waals surface area contributed by atoms with Crippen LogP contribution in [0.1, 0.15) is 40.0 Å². The molecule has 0 aromatic rings. The van der Waals surface area contributed by atoms with Crippen molar-refractivity contribution in [2.75, 3.05) is 19.8 Å². The summed E-state index contributed by atoms with van der Waals surface area (Å²) in [5.41, 5.74) is -0.489. The third-order valence-electron chi connectivity index (χ3n) is 1.81. The SMILES string of the molecule is CC(C)(C)OC(=O)NCCCOCCCC(=O)O. The number of carbonyl (C=O) groups is 2. The molecule has 0 aromatic carbocycles. The van der Waals surface area contributed by atoms with Crippen molar-refractivity contribution >= 4 is 12.1 Å². The average molecular weight is 261 g/mol. The van der Waals surface area contributed by atoms with Gasteiger partial charge in [0.05, 0.1) is 0 Å². The molecule has 0 rings (SSSR count). The van der Waals surface area contributed by atoms with Gasteiger partial charge < -0.3 is 19.9 Å². The van der Waals surface area contributed by atoms with Gasteiger partial charge in [-0.15, -0.1) is 0 Å². The van der Waals surface area contributed by atoms with Crippen LogP contribution in [-0.2, 0) is 14.3 Å². The molecule has 0 heterocycles. The van der Waals surface area contributed by atoms with Gasteiger partial charge in [0.2, 0.25) is 0 Å². The number of hydrogen-bond donors (Lipinski definition) is 2. The molecule has 0 aliphatic carbocycles. The van der Waals surface area contributed by atoms with Crippen molar-refractivity contribution in [3.05, 3.63) is 0 Å². The molecular weight excluding hydrogens is 238 g/mol. The van der Waals surface area contributed by atoms with Crippen LogP contribution in [0, 0.1) is 0 Å². The molecule has 0 spiro atoms. The number of ether oxygens (including phenoxy) is 2. The summed E-state index contributed by atoms with van der Waals surface area (Å²) >= 11 is 0. The van der Waals surface area contributed by atoms with E-state index in [1.54, 1.807) is 20.8 Å². The maximum Gasteiger partial charge on any atom is 0.407 e. The molecule has 0 atom stereocenters. The largest absolute Gasteiger partial charge is 0.481 e. The second-order valence-corrected chi connectivity index (χ2v) is 4.89. The number of carboxylic acid groups (broad SMARTS) is 1. The molecule has 0 saturated heterocycles. The van der Waals surface area contributed by atoms with Gasteiger partial charge in [0, 0.05) is 26.2 Å². The first kappa shape index (κ1) is 16.7. The Kier molecular flexibility index (Phi) is 8.11. The molecule has 106 valence electrons. The summed E-state index contributed by atoms with van der Waals surface area (Å²) in [6.07, 6.45) is 0.866. The first-order chi connectivity index (χ1) is 8.31. The monoisotopic (exact) mass is 261 g/mol. The van der Waals surface area contributed by atoms with Crippen LogP contribution in [-0.4, -0.2) is 42.5 Å². The Bertz CT molecular complexity index is 260. The van der Waals surface area contributed by atoms with E-state index in [1.807, 2.05) is 0 Å². The summed E-state index contributed by atoms with van der Waals surface area (Å²) in [5.74, 6) is -0.815. The van der Waals surface area contributed by atoms with Gasteiger partial charge >= 0.3 is 12.1 Å². The van der Waals surface area contributed by atoms with Crippen LogP contribution in [0.4, 0.5) is 4.79 Å². The zero-order valence-corrected chi connectivity index (χ0v) is 11.3. The Hall–Kier alpha value is -1.30. The maximum absolute atomic E-state index is 11.2. The molecule has 0 saturated carbocycles. The molecular formula is C12H23NO5. The summed E-state index contributed by atoms with van der Waals surface area (Å²) in [7, 11) is 0. The highest BCUT2D eigenvalue weighted by Gasteiger charge is 2.15. The van der Waals surface area contributed by atoms with Crippen molar-refractivity contribution < 1.29 is 24.2 Å². The van der Waals surface area contributed by atoms with Crippen molar-refractivity contribution in [3.8, 4) is 0 Å². The highest BCUT2D eigenvalue weighted by molar-refractivity contribution is 5.67. The third kappa shape index (κ3) is 12.8. The van der Waals surface area contributed by atoms with Crippen LogP contribution in [0.15, 0.2) is 0 Å². The van der Waals surface area contributed by atoms with E-state index in [2.05, 4.69) is 5.32 Å².